The van der Waals surface area contributed by atoms with E-state index in [1.54, 1.807) is 0 Å². The standard InChI is InChI=1S/C12H12F6N2/c1-7(2)8(3)4-10(11(13,14)15,12(16,17)18)9(5-19)6-20/h9H,4H2,1-3H3. The molecule has 0 N–H and O–H groups in total. The number of rotatable bonds is 3. The molecule has 0 atom stereocenters. The summed E-state index contributed by atoms with van der Waals surface area (Å²) >= 11 is 0. The molecule has 0 spiro atoms. The average Bonchev–Trinajstić information content (AvgIpc) is 2.25. The van der Waals surface area contributed by atoms with Crippen molar-refractivity contribution in [2.45, 2.75) is 39.5 Å². The number of allylic oxidation sites excluding steroid dienone is 2. The molecule has 0 saturated heterocycles. The first-order valence-corrected chi connectivity index (χ1v) is 5.40. The van der Waals surface area contributed by atoms with Crippen molar-refractivity contribution in [3.63, 3.8) is 0 Å². The van der Waals surface area contributed by atoms with Gasteiger partial charge in [-0.2, -0.15) is 36.9 Å². The second-order valence-electron chi connectivity index (χ2n) is 4.62. The molecular weight excluding hydrogens is 286 g/mol. The van der Waals surface area contributed by atoms with E-state index in [0.717, 1.165) is 19.1 Å². The fraction of sp³-hybridized carbons (Fsp3) is 0.667. The number of hydrogen-bond acceptors (Lipinski definition) is 2. The van der Waals surface area contributed by atoms with Crippen LogP contribution in [0.25, 0.3) is 0 Å². The Morgan fingerprint density at radius 3 is 1.45 bits per heavy atom. The Kier molecular flexibility index (Phi) is 5.25. The molecule has 0 aromatic rings. The van der Waals surface area contributed by atoms with Crippen LogP contribution in [0.15, 0.2) is 11.1 Å². The minimum Gasteiger partial charge on any atom is -0.197 e. The van der Waals surface area contributed by atoms with Crippen LogP contribution in [-0.4, -0.2) is 12.4 Å². The van der Waals surface area contributed by atoms with E-state index in [0.29, 0.717) is 0 Å². The molecule has 0 unspecified atom stereocenters. The summed E-state index contributed by atoms with van der Waals surface area (Å²) in [6.45, 7) is 3.84. The van der Waals surface area contributed by atoms with Crippen molar-refractivity contribution in [1.29, 1.82) is 10.5 Å². The SMILES string of the molecule is CC(C)=C(C)CC(C(C#N)C#N)(C(F)(F)F)C(F)(F)F. The molecule has 0 saturated carbocycles. The molecule has 2 nitrogen and oxygen atoms in total. The fourth-order valence-corrected chi connectivity index (χ4v) is 1.63. The van der Waals surface area contributed by atoms with E-state index in [9.17, 15) is 26.3 Å². The Labute approximate surface area is 112 Å². The third-order valence-electron chi connectivity index (χ3n) is 3.16. The summed E-state index contributed by atoms with van der Waals surface area (Å²) in [6.07, 6.45) is -13.0. The number of hydrogen-bond donors (Lipinski definition) is 0. The largest absolute Gasteiger partial charge is 0.405 e. The van der Waals surface area contributed by atoms with Crippen molar-refractivity contribution < 1.29 is 26.3 Å². The van der Waals surface area contributed by atoms with Gasteiger partial charge in [-0.1, -0.05) is 11.1 Å². The second-order valence-corrected chi connectivity index (χ2v) is 4.62. The Hall–Kier alpha value is -1.70. The minimum absolute atomic E-state index is 0.157. The van der Waals surface area contributed by atoms with Gasteiger partial charge in [-0.15, -0.1) is 0 Å². The Morgan fingerprint density at radius 1 is 0.900 bits per heavy atom. The van der Waals surface area contributed by atoms with E-state index in [-0.39, 0.29) is 11.1 Å². The quantitative estimate of drug-likeness (QED) is 0.568. The van der Waals surface area contributed by atoms with Gasteiger partial charge in [0.2, 0.25) is 0 Å². The van der Waals surface area contributed by atoms with Gasteiger partial charge in [0.25, 0.3) is 0 Å². The zero-order chi connectivity index (χ0) is 16.4. The van der Waals surface area contributed by atoms with Gasteiger partial charge in [0.15, 0.2) is 11.3 Å². The van der Waals surface area contributed by atoms with Gasteiger partial charge in [-0.25, -0.2) is 0 Å². The first-order valence-electron chi connectivity index (χ1n) is 5.40. The number of nitrogens with zero attached hydrogens (tertiary/aromatic N) is 2. The fourth-order valence-electron chi connectivity index (χ4n) is 1.63. The maximum Gasteiger partial charge on any atom is 0.405 e. The molecular formula is C12H12F6N2. The van der Waals surface area contributed by atoms with Crippen LogP contribution in [0.3, 0.4) is 0 Å². The molecule has 0 aromatic carbocycles. The van der Waals surface area contributed by atoms with Crippen molar-refractivity contribution in [2.24, 2.45) is 11.3 Å². The van der Waals surface area contributed by atoms with Crippen molar-refractivity contribution >= 4 is 0 Å². The summed E-state index contributed by atoms with van der Waals surface area (Å²) in [5.41, 5.74) is -4.27. The average molecular weight is 298 g/mol. The van der Waals surface area contributed by atoms with E-state index in [4.69, 9.17) is 10.5 Å². The predicted molar refractivity (Wildman–Crippen MR) is 57.9 cm³/mol. The summed E-state index contributed by atoms with van der Waals surface area (Å²) in [7, 11) is 0. The molecule has 0 aromatic heterocycles. The van der Waals surface area contributed by atoms with Crippen LogP contribution < -0.4 is 0 Å². The van der Waals surface area contributed by atoms with Crippen LogP contribution in [0, 0.1) is 34.0 Å². The number of nitriles is 2. The first-order chi connectivity index (χ1) is 8.85. The van der Waals surface area contributed by atoms with Gasteiger partial charge in [0, 0.05) is 0 Å². The maximum atomic E-state index is 13.1. The first kappa shape index (κ1) is 18.3. The molecule has 0 aliphatic rings. The van der Waals surface area contributed by atoms with Crippen molar-refractivity contribution in [3.8, 4) is 12.1 Å². The van der Waals surface area contributed by atoms with Gasteiger partial charge in [-0.05, 0) is 27.2 Å². The lowest BCUT2D eigenvalue weighted by Crippen LogP contribution is -2.54. The summed E-state index contributed by atoms with van der Waals surface area (Å²) in [5.74, 6) is -2.86. The molecule has 0 fully saturated rings. The normalized spacial score (nSPS) is 12.8. The molecule has 20 heavy (non-hydrogen) atoms. The third kappa shape index (κ3) is 3.06. The summed E-state index contributed by atoms with van der Waals surface area (Å²) in [4.78, 5) is 0. The highest BCUT2D eigenvalue weighted by molar-refractivity contribution is 5.21. The molecule has 0 radical (unpaired) electrons. The molecule has 0 bridgehead atoms. The Balaban J connectivity index is 6.36. The second kappa shape index (κ2) is 5.74. The monoisotopic (exact) mass is 298 g/mol. The minimum atomic E-state index is -5.77. The summed E-state index contributed by atoms with van der Waals surface area (Å²) in [6, 6.07) is 1.65. The predicted octanol–water partition coefficient (Wildman–Crippen LogP) is 4.51. The molecule has 8 heteroatoms. The van der Waals surface area contributed by atoms with Crippen LogP contribution in [0.4, 0.5) is 26.3 Å². The van der Waals surface area contributed by atoms with E-state index in [1.807, 2.05) is 0 Å². The number of alkyl halides is 6. The number of halogens is 6. The van der Waals surface area contributed by atoms with E-state index in [2.05, 4.69) is 0 Å². The lowest BCUT2D eigenvalue weighted by atomic mass is 9.70. The maximum absolute atomic E-state index is 13.1. The van der Waals surface area contributed by atoms with Crippen LogP contribution >= 0.6 is 0 Å². The highest BCUT2D eigenvalue weighted by Crippen LogP contribution is 2.58. The van der Waals surface area contributed by atoms with Gasteiger partial charge in [0.05, 0.1) is 12.1 Å². The topological polar surface area (TPSA) is 47.6 Å². The Morgan fingerprint density at radius 2 is 1.25 bits per heavy atom. The van der Waals surface area contributed by atoms with E-state index >= 15 is 0 Å². The third-order valence-corrected chi connectivity index (χ3v) is 3.16. The highest BCUT2D eigenvalue weighted by atomic mass is 19.4. The molecule has 112 valence electrons. The summed E-state index contributed by atoms with van der Waals surface area (Å²) in [5, 5.41) is 17.1. The van der Waals surface area contributed by atoms with Crippen LogP contribution in [-0.2, 0) is 0 Å². The zero-order valence-electron chi connectivity index (χ0n) is 10.9. The lowest BCUT2D eigenvalue weighted by Gasteiger charge is -2.38. The smallest absolute Gasteiger partial charge is 0.197 e. The van der Waals surface area contributed by atoms with Crippen LogP contribution in [0.2, 0.25) is 0 Å². The Bertz CT molecular complexity index is 440. The van der Waals surface area contributed by atoms with E-state index < -0.39 is 30.1 Å². The molecule has 0 heterocycles. The van der Waals surface area contributed by atoms with Crippen molar-refractivity contribution in [2.75, 3.05) is 0 Å². The van der Waals surface area contributed by atoms with E-state index in [1.165, 1.54) is 13.8 Å². The van der Waals surface area contributed by atoms with Crippen molar-refractivity contribution in [1.82, 2.24) is 0 Å². The molecule has 0 rings (SSSR count). The van der Waals surface area contributed by atoms with Gasteiger partial charge >= 0.3 is 12.4 Å². The van der Waals surface area contributed by atoms with Gasteiger partial charge < -0.3 is 0 Å². The van der Waals surface area contributed by atoms with Gasteiger partial charge in [0.1, 0.15) is 0 Å². The zero-order valence-corrected chi connectivity index (χ0v) is 10.9. The molecule has 0 amide bonds. The highest BCUT2D eigenvalue weighted by Gasteiger charge is 2.74. The van der Waals surface area contributed by atoms with Crippen molar-refractivity contribution in [3.05, 3.63) is 11.1 Å². The van der Waals surface area contributed by atoms with Crippen LogP contribution in [0.1, 0.15) is 27.2 Å². The van der Waals surface area contributed by atoms with Gasteiger partial charge in [-0.3, -0.25) is 0 Å². The van der Waals surface area contributed by atoms with Crippen LogP contribution in [0.5, 0.6) is 0 Å². The molecule has 0 aliphatic heterocycles. The summed E-state index contributed by atoms with van der Waals surface area (Å²) < 4.78 is 78.4. The lowest BCUT2D eigenvalue weighted by molar-refractivity contribution is -0.348. The molecule has 0 aliphatic carbocycles.